The summed E-state index contributed by atoms with van der Waals surface area (Å²) in [4.78, 5) is 11.9. The van der Waals surface area contributed by atoms with Gasteiger partial charge in [0.15, 0.2) is 5.78 Å². The van der Waals surface area contributed by atoms with Crippen molar-refractivity contribution in [2.45, 2.75) is 44.0 Å². The van der Waals surface area contributed by atoms with Gasteiger partial charge in [0, 0.05) is 22.9 Å². The van der Waals surface area contributed by atoms with E-state index in [4.69, 9.17) is 0 Å². The largest absolute Gasteiger partial charge is 0.378 e. The summed E-state index contributed by atoms with van der Waals surface area (Å²) in [5.41, 5.74) is 6.49. The molecule has 2 aliphatic rings. The highest BCUT2D eigenvalue weighted by Gasteiger charge is 2.38. The van der Waals surface area contributed by atoms with Crippen LogP contribution in [0.5, 0.6) is 0 Å². The molecule has 5 rings (SSSR count). The number of nitrogens with one attached hydrogen (secondary N) is 2. The fourth-order valence-corrected chi connectivity index (χ4v) is 6.10. The number of carbonyl (C=O) groups is 1. The number of fused-ring (bicyclic) bond motifs is 3. The molecule has 3 atom stereocenters. The molecule has 2 N–H and O–H groups in total. The number of anilines is 2. The molecular weight excluding hydrogens is 444 g/mol. The first-order valence-electron chi connectivity index (χ1n) is 11.5. The second-order valence-electron chi connectivity index (χ2n) is 9.31. The lowest BCUT2D eigenvalue weighted by Gasteiger charge is -2.37. The van der Waals surface area contributed by atoms with Crippen LogP contribution in [0.3, 0.4) is 0 Å². The van der Waals surface area contributed by atoms with E-state index in [1.165, 1.54) is 0 Å². The number of Topliss-reactive ketones (excluding diaryl/α,β-unsaturated/α-hetero) is 1. The summed E-state index contributed by atoms with van der Waals surface area (Å²) < 4.78 is 29.1. The molecule has 0 amide bonds. The first-order chi connectivity index (χ1) is 16.2. The van der Waals surface area contributed by atoms with Crippen LogP contribution in [0.2, 0.25) is 0 Å². The highest BCUT2D eigenvalue weighted by Crippen LogP contribution is 2.50. The van der Waals surface area contributed by atoms with Crippen molar-refractivity contribution in [2.24, 2.45) is 5.92 Å². The molecule has 5 nitrogen and oxygen atoms in total. The molecule has 0 radical (unpaired) electrons. The lowest BCUT2D eigenvalue weighted by Crippen LogP contribution is -2.29. The van der Waals surface area contributed by atoms with E-state index in [0.29, 0.717) is 11.3 Å². The number of ketones is 1. The number of hydrogen-bond donors (Lipinski definition) is 2. The second kappa shape index (κ2) is 8.44. The fraction of sp³-hybridized carbons (Fsp3) is 0.250. The van der Waals surface area contributed by atoms with Crippen molar-refractivity contribution in [1.82, 2.24) is 0 Å². The molecule has 6 heteroatoms. The minimum atomic E-state index is -3.72. The van der Waals surface area contributed by atoms with E-state index in [2.05, 4.69) is 22.2 Å². The first kappa shape index (κ1) is 22.4. The molecule has 1 heterocycles. The molecule has 0 saturated carbocycles. The van der Waals surface area contributed by atoms with Gasteiger partial charge < -0.3 is 5.32 Å². The van der Waals surface area contributed by atoms with Crippen molar-refractivity contribution in [3.63, 3.8) is 0 Å². The number of sulfonamides is 1. The van der Waals surface area contributed by atoms with Crippen LogP contribution in [0.15, 0.2) is 77.7 Å². The van der Waals surface area contributed by atoms with Gasteiger partial charge in [0.05, 0.1) is 10.9 Å². The molecule has 0 spiro atoms. The Morgan fingerprint density at radius 3 is 2.44 bits per heavy atom. The molecule has 0 bridgehead atoms. The number of allylic oxidation sites excluding steroid dienone is 2. The standard InChI is InChI=1S/C28H28N2O3S/c1-17-7-12-22(15-18(17)2)30-34(32,33)23-13-14-27-26(16-23)24-5-4-6-25(24)28(29-27)21-10-8-20(9-11-21)19(3)31/h4-5,7-16,24-25,28-30H,6H2,1-3H3/t24-,25+,28-/m0/s1. The minimum Gasteiger partial charge on any atom is -0.378 e. The summed E-state index contributed by atoms with van der Waals surface area (Å²) in [5.74, 6) is 0.462. The van der Waals surface area contributed by atoms with Crippen LogP contribution in [-0.2, 0) is 10.0 Å². The molecule has 1 aliphatic carbocycles. The van der Waals surface area contributed by atoms with Crippen LogP contribution in [0.4, 0.5) is 11.4 Å². The summed E-state index contributed by atoms with van der Waals surface area (Å²) in [6.07, 6.45) is 5.28. The van der Waals surface area contributed by atoms with E-state index < -0.39 is 10.0 Å². The molecule has 3 aromatic rings. The highest BCUT2D eigenvalue weighted by atomic mass is 32.2. The summed E-state index contributed by atoms with van der Waals surface area (Å²) >= 11 is 0. The van der Waals surface area contributed by atoms with Crippen molar-refractivity contribution in [3.8, 4) is 0 Å². The van der Waals surface area contributed by atoms with Crippen LogP contribution in [-0.4, -0.2) is 14.2 Å². The predicted molar refractivity (Wildman–Crippen MR) is 136 cm³/mol. The quantitative estimate of drug-likeness (QED) is 0.346. The molecule has 3 aromatic carbocycles. The number of aryl methyl sites for hydroxylation is 2. The van der Waals surface area contributed by atoms with Crippen molar-refractivity contribution < 1.29 is 13.2 Å². The molecule has 0 unspecified atom stereocenters. The van der Waals surface area contributed by atoms with Gasteiger partial charge in [-0.3, -0.25) is 9.52 Å². The van der Waals surface area contributed by atoms with Crippen LogP contribution < -0.4 is 10.0 Å². The summed E-state index contributed by atoms with van der Waals surface area (Å²) in [6, 6.07) is 18.7. The molecule has 0 aromatic heterocycles. The zero-order valence-corrected chi connectivity index (χ0v) is 20.3. The normalized spacial score (nSPS) is 20.9. The lowest BCUT2D eigenvalue weighted by molar-refractivity contribution is 0.101. The third kappa shape index (κ3) is 4.03. The Bertz CT molecular complexity index is 1410. The maximum Gasteiger partial charge on any atom is 0.261 e. The lowest BCUT2D eigenvalue weighted by atomic mass is 9.77. The Hall–Kier alpha value is -3.38. The van der Waals surface area contributed by atoms with Crippen molar-refractivity contribution in [2.75, 3.05) is 10.0 Å². The Kier molecular flexibility index (Phi) is 5.56. The third-order valence-corrected chi connectivity index (χ3v) is 8.46. The van der Waals surface area contributed by atoms with Gasteiger partial charge in [0.25, 0.3) is 10.0 Å². The van der Waals surface area contributed by atoms with Gasteiger partial charge in [0.2, 0.25) is 0 Å². The van der Waals surface area contributed by atoms with Crippen molar-refractivity contribution in [1.29, 1.82) is 0 Å². The Morgan fingerprint density at radius 1 is 0.971 bits per heavy atom. The molecule has 34 heavy (non-hydrogen) atoms. The van der Waals surface area contributed by atoms with E-state index in [0.717, 1.165) is 34.4 Å². The second-order valence-corrected chi connectivity index (χ2v) is 11.0. The third-order valence-electron chi connectivity index (χ3n) is 7.08. The minimum absolute atomic E-state index is 0.0528. The van der Waals surface area contributed by atoms with Crippen LogP contribution in [0.25, 0.3) is 0 Å². The van der Waals surface area contributed by atoms with Gasteiger partial charge in [-0.2, -0.15) is 0 Å². The number of carbonyl (C=O) groups excluding carboxylic acids is 1. The maximum absolute atomic E-state index is 13.2. The summed E-state index contributed by atoms with van der Waals surface area (Å²) in [5, 5.41) is 3.64. The van der Waals surface area contributed by atoms with Crippen molar-refractivity contribution in [3.05, 3.63) is 101 Å². The average Bonchev–Trinajstić information content (AvgIpc) is 3.31. The molecule has 0 fully saturated rings. The predicted octanol–water partition coefficient (Wildman–Crippen LogP) is 6.13. The maximum atomic E-state index is 13.2. The van der Waals surface area contributed by atoms with Gasteiger partial charge in [0.1, 0.15) is 0 Å². The van der Waals surface area contributed by atoms with E-state index >= 15 is 0 Å². The highest BCUT2D eigenvalue weighted by molar-refractivity contribution is 7.92. The number of benzene rings is 3. The Morgan fingerprint density at radius 2 is 1.74 bits per heavy atom. The monoisotopic (exact) mass is 472 g/mol. The SMILES string of the molecule is CC(=O)c1ccc([C@@H]2Nc3ccc(S(=O)(=O)Nc4ccc(C)c(C)c4)cc3[C@H]3C=CC[C@H]32)cc1. The molecular formula is C28H28N2O3S. The molecule has 1 aliphatic heterocycles. The fourth-order valence-electron chi connectivity index (χ4n) is 5.01. The van der Waals surface area contributed by atoms with Crippen LogP contribution in [0, 0.1) is 19.8 Å². The first-order valence-corrected chi connectivity index (χ1v) is 13.0. The van der Waals surface area contributed by atoms with Gasteiger partial charge in [-0.05, 0) is 85.7 Å². The smallest absolute Gasteiger partial charge is 0.261 e. The molecule has 174 valence electrons. The number of rotatable bonds is 5. The zero-order chi connectivity index (χ0) is 24.0. The molecule has 0 saturated heterocycles. The topological polar surface area (TPSA) is 75.3 Å². The van der Waals surface area contributed by atoms with E-state index in [1.807, 2.05) is 56.3 Å². The van der Waals surface area contributed by atoms with Gasteiger partial charge in [-0.25, -0.2) is 8.42 Å². The van der Waals surface area contributed by atoms with E-state index in [9.17, 15) is 13.2 Å². The number of hydrogen-bond acceptors (Lipinski definition) is 4. The van der Waals surface area contributed by atoms with Gasteiger partial charge in [-0.1, -0.05) is 42.5 Å². The van der Waals surface area contributed by atoms with Gasteiger partial charge >= 0.3 is 0 Å². The van der Waals surface area contributed by atoms with E-state index in [1.54, 1.807) is 25.1 Å². The Balaban J connectivity index is 1.46. The van der Waals surface area contributed by atoms with Crippen LogP contribution in [0.1, 0.15) is 57.9 Å². The van der Waals surface area contributed by atoms with Gasteiger partial charge in [-0.15, -0.1) is 0 Å². The van der Waals surface area contributed by atoms with Crippen molar-refractivity contribution >= 4 is 27.2 Å². The summed E-state index contributed by atoms with van der Waals surface area (Å²) in [6.45, 7) is 5.54. The Labute approximate surface area is 201 Å². The zero-order valence-electron chi connectivity index (χ0n) is 19.5. The summed E-state index contributed by atoms with van der Waals surface area (Å²) in [7, 11) is -3.72. The average molecular weight is 473 g/mol. The van der Waals surface area contributed by atoms with E-state index in [-0.39, 0.29) is 28.6 Å². The van der Waals surface area contributed by atoms with Crippen LogP contribution >= 0.6 is 0 Å².